The number of carbonyl (C=O) groups is 4. The second-order valence-electron chi connectivity index (χ2n) is 15.4. The first kappa shape index (κ1) is 31.8. The standard InChI is InChI=1S/C34H38O12S/c1-16-15-20(35)42-23-18(16)9-10-19-21(23)24(44-28(39)34-14-12-32(8,26(37)46-34)30(34,5)6)22(17(2)47(19,40)41)43-27(38)33-13-11-31(7,25(36)45-33)29(33,3)4/h9-10,15,17,22,24H,11-14H2,1-8H3/t17-,22+,24-,31-,32-,33+,34+/m1/s1. The molecule has 2 aliphatic carbocycles. The van der Waals surface area contributed by atoms with Crippen molar-refractivity contribution in [3.05, 3.63) is 39.7 Å². The highest BCUT2D eigenvalue weighted by Gasteiger charge is 2.78. The zero-order valence-corrected chi connectivity index (χ0v) is 28.4. The highest BCUT2D eigenvalue weighted by molar-refractivity contribution is 7.92. The second-order valence-corrected chi connectivity index (χ2v) is 17.7. The Morgan fingerprint density at radius 3 is 1.79 bits per heavy atom. The molecule has 47 heavy (non-hydrogen) atoms. The van der Waals surface area contributed by atoms with E-state index < -0.39 is 89.7 Å². The van der Waals surface area contributed by atoms with Crippen LogP contribution in [-0.2, 0) is 48.0 Å². The number of benzene rings is 1. The molecule has 0 spiro atoms. The van der Waals surface area contributed by atoms with Crippen molar-refractivity contribution >= 4 is 44.7 Å². The van der Waals surface area contributed by atoms with Crippen molar-refractivity contribution < 1.29 is 51.0 Å². The average molecular weight is 671 g/mol. The molecule has 252 valence electrons. The summed E-state index contributed by atoms with van der Waals surface area (Å²) in [6, 6.07) is 4.10. The van der Waals surface area contributed by atoms with Crippen LogP contribution in [0.3, 0.4) is 0 Å². The fourth-order valence-corrected chi connectivity index (χ4v) is 10.5. The number of ether oxygens (including phenoxy) is 4. The van der Waals surface area contributed by atoms with Crippen LogP contribution in [-0.4, -0.2) is 54.9 Å². The van der Waals surface area contributed by atoms with E-state index in [-0.39, 0.29) is 28.9 Å². The van der Waals surface area contributed by atoms with Gasteiger partial charge in [0.2, 0.25) is 11.2 Å². The fourth-order valence-electron chi connectivity index (χ4n) is 8.81. The SMILES string of the molecule is Cc1cc(=O)oc2c3c(ccc12)S(=O)(=O)[C@H](C)[C@H](OC(=O)[C@]12CC[C@](C)(C(=O)O1)C2(C)C)[C@@H]3OC(=O)[C@]12CC[C@](C)(C(=O)O1)C2(C)C. The summed E-state index contributed by atoms with van der Waals surface area (Å²) in [7, 11) is -4.29. The predicted molar refractivity (Wildman–Crippen MR) is 162 cm³/mol. The van der Waals surface area contributed by atoms with Gasteiger partial charge in [0.1, 0.15) is 10.8 Å². The first-order valence-corrected chi connectivity index (χ1v) is 17.4. The number of rotatable bonds is 4. The highest BCUT2D eigenvalue weighted by atomic mass is 32.2. The van der Waals surface area contributed by atoms with Crippen molar-refractivity contribution in [3.8, 4) is 0 Å². The smallest absolute Gasteiger partial charge is 0.351 e. The summed E-state index contributed by atoms with van der Waals surface area (Å²) in [6.07, 6.45) is -2.26. The molecule has 0 radical (unpaired) electrons. The molecule has 2 aromatic rings. The van der Waals surface area contributed by atoms with E-state index in [2.05, 4.69) is 0 Å². The molecule has 13 heteroatoms. The van der Waals surface area contributed by atoms with Crippen LogP contribution in [0, 0.1) is 28.6 Å². The fraction of sp³-hybridized carbons (Fsp3) is 0.618. The van der Waals surface area contributed by atoms with E-state index in [1.54, 1.807) is 48.5 Å². The molecule has 4 bridgehead atoms. The van der Waals surface area contributed by atoms with Crippen molar-refractivity contribution in [1.29, 1.82) is 0 Å². The van der Waals surface area contributed by atoms with Crippen LogP contribution in [0.4, 0.5) is 0 Å². The van der Waals surface area contributed by atoms with Gasteiger partial charge in [0, 0.05) is 22.3 Å². The zero-order chi connectivity index (χ0) is 34.5. The molecule has 3 aliphatic heterocycles. The number of fused-ring (bicyclic) bond motifs is 7. The molecule has 5 aliphatic rings. The van der Waals surface area contributed by atoms with Gasteiger partial charge in [-0.2, -0.15) is 0 Å². The van der Waals surface area contributed by atoms with Crippen molar-refractivity contribution in [2.24, 2.45) is 21.7 Å². The lowest BCUT2D eigenvalue weighted by Gasteiger charge is -2.41. The van der Waals surface area contributed by atoms with Crippen LogP contribution in [0.25, 0.3) is 11.0 Å². The minimum atomic E-state index is -4.29. The first-order chi connectivity index (χ1) is 21.6. The Morgan fingerprint density at radius 2 is 1.32 bits per heavy atom. The molecular weight excluding hydrogens is 632 g/mol. The van der Waals surface area contributed by atoms with Gasteiger partial charge in [-0.25, -0.2) is 22.8 Å². The number of hydrogen-bond acceptors (Lipinski definition) is 12. The Balaban J connectivity index is 1.40. The van der Waals surface area contributed by atoms with E-state index in [0.29, 0.717) is 23.8 Å². The van der Waals surface area contributed by atoms with Gasteiger partial charge >= 0.3 is 29.5 Å². The maximum absolute atomic E-state index is 14.4. The number of carbonyl (C=O) groups excluding carboxylic acids is 4. The van der Waals surface area contributed by atoms with E-state index in [9.17, 15) is 32.4 Å². The van der Waals surface area contributed by atoms with Crippen LogP contribution >= 0.6 is 0 Å². The molecule has 2 saturated carbocycles. The normalized spacial score (nSPS) is 38.5. The summed E-state index contributed by atoms with van der Waals surface area (Å²) in [5, 5.41) is -1.07. The van der Waals surface area contributed by atoms with Gasteiger partial charge in [-0.05, 0) is 71.1 Å². The molecule has 1 aromatic carbocycles. The maximum atomic E-state index is 14.4. The number of aryl methyl sites for hydroxylation is 1. The van der Waals surface area contributed by atoms with Crippen LogP contribution in [0.1, 0.15) is 91.4 Å². The first-order valence-electron chi connectivity index (χ1n) is 15.8. The van der Waals surface area contributed by atoms with Crippen molar-refractivity contribution in [2.75, 3.05) is 0 Å². The number of hydrogen-bond donors (Lipinski definition) is 0. The number of esters is 4. The second kappa shape index (κ2) is 9.03. The van der Waals surface area contributed by atoms with Crippen molar-refractivity contribution in [2.45, 2.75) is 115 Å². The van der Waals surface area contributed by atoms with Gasteiger partial charge in [-0.1, -0.05) is 27.7 Å². The lowest BCUT2D eigenvalue weighted by atomic mass is 9.66. The summed E-state index contributed by atoms with van der Waals surface area (Å²) in [6.45, 7) is 13.4. The maximum Gasteiger partial charge on any atom is 0.351 e. The molecule has 0 amide bonds. The molecule has 0 unspecified atom stereocenters. The van der Waals surface area contributed by atoms with Crippen LogP contribution < -0.4 is 5.63 Å². The van der Waals surface area contributed by atoms with Gasteiger partial charge in [0.05, 0.1) is 21.3 Å². The highest BCUT2D eigenvalue weighted by Crippen LogP contribution is 2.67. The van der Waals surface area contributed by atoms with Gasteiger partial charge in [0.15, 0.2) is 22.0 Å². The molecular formula is C34H38O12S. The Morgan fingerprint density at radius 1 is 0.809 bits per heavy atom. The summed E-state index contributed by atoms with van der Waals surface area (Å²) >= 11 is 0. The van der Waals surface area contributed by atoms with Crippen LogP contribution in [0.2, 0.25) is 0 Å². The lowest BCUT2D eigenvalue weighted by molar-refractivity contribution is -0.202. The largest absolute Gasteiger partial charge is 0.454 e. The summed E-state index contributed by atoms with van der Waals surface area (Å²) < 4.78 is 57.6. The van der Waals surface area contributed by atoms with E-state index in [1.165, 1.54) is 25.1 Å². The van der Waals surface area contributed by atoms with Crippen LogP contribution in [0.15, 0.2) is 32.3 Å². The third-order valence-corrected chi connectivity index (χ3v) is 15.5. The number of sulfone groups is 1. The molecule has 12 nitrogen and oxygen atoms in total. The van der Waals surface area contributed by atoms with Gasteiger partial charge in [0.25, 0.3) is 0 Å². The topological polar surface area (TPSA) is 170 Å². The molecule has 4 heterocycles. The minimum Gasteiger partial charge on any atom is -0.454 e. The molecule has 7 atom stereocenters. The third kappa shape index (κ3) is 3.43. The summed E-state index contributed by atoms with van der Waals surface area (Å²) in [5.41, 5.74) is -7.97. The van der Waals surface area contributed by atoms with E-state index in [1.807, 2.05) is 0 Å². The van der Waals surface area contributed by atoms with E-state index in [0.717, 1.165) is 0 Å². The van der Waals surface area contributed by atoms with E-state index in [4.69, 9.17) is 23.4 Å². The van der Waals surface area contributed by atoms with Gasteiger partial charge in [-0.3, -0.25) is 9.59 Å². The van der Waals surface area contributed by atoms with Gasteiger partial charge in [-0.15, -0.1) is 0 Å². The molecule has 7 rings (SSSR count). The Hall–Kier alpha value is -3.74. The molecule has 1 aromatic heterocycles. The molecule has 4 fully saturated rings. The summed E-state index contributed by atoms with van der Waals surface area (Å²) in [5.74, 6) is -3.01. The van der Waals surface area contributed by atoms with Crippen molar-refractivity contribution in [3.63, 3.8) is 0 Å². The van der Waals surface area contributed by atoms with Crippen LogP contribution in [0.5, 0.6) is 0 Å². The van der Waals surface area contributed by atoms with E-state index >= 15 is 0 Å². The Kier molecular flexibility index (Phi) is 6.12. The third-order valence-electron chi connectivity index (χ3n) is 13.3. The molecule has 2 saturated heterocycles. The lowest BCUT2D eigenvalue weighted by Crippen LogP contribution is -2.55. The Bertz CT molecular complexity index is 2010. The zero-order valence-electron chi connectivity index (χ0n) is 27.6. The molecule has 0 N–H and O–H groups in total. The van der Waals surface area contributed by atoms with Gasteiger partial charge < -0.3 is 23.4 Å². The summed E-state index contributed by atoms with van der Waals surface area (Å²) in [4.78, 5) is 67.1. The average Bonchev–Trinajstić information content (AvgIpc) is 3.45. The predicted octanol–water partition coefficient (Wildman–Crippen LogP) is 4.02. The Labute approximate surface area is 271 Å². The van der Waals surface area contributed by atoms with Crippen molar-refractivity contribution in [1.82, 2.24) is 0 Å². The minimum absolute atomic E-state index is 0.141. The quantitative estimate of drug-likeness (QED) is 0.261. The monoisotopic (exact) mass is 670 g/mol.